The van der Waals surface area contributed by atoms with Gasteiger partial charge < -0.3 is 9.80 Å². The second-order valence-electron chi connectivity index (χ2n) is 8.33. The number of rotatable bonds is 8. The molecule has 1 aliphatic rings. The van der Waals surface area contributed by atoms with Crippen molar-refractivity contribution in [2.24, 2.45) is 5.92 Å². The van der Waals surface area contributed by atoms with Crippen LogP contribution in [-0.4, -0.2) is 47.1 Å². The summed E-state index contributed by atoms with van der Waals surface area (Å²) in [4.78, 5) is 31.1. The predicted molar refractivity (Wildman–Crippen MR) is 124 cm³/mol. The van der Waals surface area contributed by atoms with Crippen molar-refractivity contribution in [1.29, 1.82) is 0 Å². The Morgan fingerprint density at radius 2 is 2.00 bits per heavy atom. The van der Waals surface area contributed by atoms with E-state index in [1.807, 2.05) is 17.0 Å². The Morgan fingerprint density at radius 1 is 1.23 bits per heavy atom. The summed E-state index contributed by atoms with van der Waals surface area (Å²) in [7, 11) is 0. The van der Waals surface area contributed by atoms with Gasteiger partial charge in [0.2, 0.25) is 11.8 Å². The summed E-state index contributed by atoms with van der Waals surface area (Å²) < 4.78 is 0. The summed E-state index contributed by atoms with van der Waals surface area (Å²) in [6, 6.07) is 10.3. The van der Waals surface area contributed by atoms with Gasteiger partial charge in [-0.3, -0.25) is 9.59 Å². The lowest BCUT2D eigenvalue weighted by atomic mass is 9.90. The van der Waals surface area contributed by atoms with Crippen LogP contribution in [0.2, 0.25) is 0 Å². The average Bonchev–Trinajstić information content (AvgIpc) is 3.19. The number of nitrogens with zero attached hydrogens (tertiary/aromatic N) is 2. The van der Waals surface area contributed by atoms with E-state index in [-0.39, 0.29) is 36.7 Å². The molecular weight excluding hydrogens is 416 g/mol. The standard InChI is InChI=1S/C24H31ClN2O2S/c1-17(2)9-13-26(22(28)8-12-25)16-23(29)27-14-10-21-20(11-15-30-21)24(27)19-7-5-4-6-18(19)3/h4-7,11,15,17,24H,8-10,12-14,16H2,1-3H3. The monoisotopic (exact) mass is 446 g/mol. The molecule has 1 atom stereocenters. The Hall–Kier alpha value is -1.85. The highest BCUT2D eigenvalue weighted by Crippen LogP contribution is 2.39. The third kappa shape index (κ3) is 5.25. The summed E-state index contributed by atoms with van der Waals surface area (Å²) in [5.41, 5.74) is 3.55. The molecule has 1 unspecified atom stereocenters. The van der Waals surface area contributed by atoms with Crippen LogP contribution in [0, 0.1) is 12.8 Å². The molecule has 0 aliphatic carbocycles. The number of fused-ring (bicyclic) bond motifs is 1. The summed E-state index contributed by atoms with van der Waals surface area (Å²) in [5, 5.41) is 2.11. The minimum Gasteiger partial charge on any atom is -0.333 e. The molecule has 6 heteroatoms. The third-order valence-electron chi connectivity index (χ3n) is 5.73. The fraction of sp³-hybridized carbons (Fsp3) is 0.500. The number of thiophene rings is 1. The highest BCUT2D eigenvalue weighted by atomic mass is 35.5. The van der Waals surface area contributed by atoms with Gasteiger partial charge in [-0.25, -0.2) is 0 Å². The molecule has 1 aliphatic heterocycles. The van der Waals surface area contributed by atoms with Crippen molar-refractivity contribution in [2.75, 3.05) is 25.5 Å². The van der Waals surface area contributed by atoms with Crippen LogP contribution in [0.15, 0.2) is 35.7 Å². The molecule has 0 spiro atoms. The molecule has 0 fully saturated rings. The van der Waals surface area contributed by atoms with Gasteiger partial charge in [0.05, 0.1) is 12.6 Å². The largest absolute Gasteiger partial charge is 0.333 e. The Morgan fingerprint density at radius 3 is 2.70 bits per heavy atom. The zero-order valence-electron chi connectivity index (χ0n) is 18.1. The van der Waals surface area contributed by atoms with E-state index in [1.165, 1.54) is 16.0 Å². The summed E-state index contributed by atoms with van der Waals surface area (Å²) in [6.45, 7) is 7.73. The number of carbonyl (C=O) groups excluding carboxylic acids is 2. The van der Waals surface area contributed by atoms with E-state index in [0.717, 1.165) is 18.4 Å². The average molecular weight is 447 g/mol. The first-order valence-electron chi connectivity index (χ1n) is 10.7. The molecule has 0 saturated heterocycles. The SMILES string of the molecule is Cc1ccccc1C1c2ccsc2CCN1C(=O)CN(CCC(C)C)C(=O)CCCl. The fourth-order valence-corrected chi connectivity index (χ4v) is 5.08. The lowest BCUT2D eigenvalue weighted by molar-refractivity contribution is -0.141. The molecule has 1 aromatic heterocycles. The van der Waals surface area contributed by atoms with Crippen LogP contribution in [0.25, 0.3) is 0 Å². The number of aryl methyl sites for hydroxylation is 1. The van der Waals surface area contributed by atoms with E-state index in [4.69, 9.17) is 11.6 Å². The van der Waals surface area contributed by atoms with Crippen LogP contribution in [0.5, 0.6) is 0 Å². The molecular formula is C24H31ClN2O2S. The Bertz CT molecular complexity index is 880. The smallest absolute Gasteiger partial charge is 0.242 e. The Balaban J connectivity index is 1.87. The number of halogens is 1. The predicted octanol–water partition coefficient (Wildman–Crippen LogP) is 5.03. The normalized spacial score (nSPS) is 15.9. The van der Waals surface area contributed by atoms with E-state index in [0.29, 0.717) is 19.0 Å². The maximum Gasteiger partial charge on any atom is 0.242 e. The lowest BCUT2D eigenvalue weighted by Gasteiger charge is -2.38. The molecule has 2 amide bonds. The van der Waals surface area contributed by atoms with Crippen LogP contribution >= 0.6 is 22.9 Å². The van der Waals surface area contributed by atoms with Gasteiger partial charge in [0, 0.05) is 30.3 Å². The maximum absolute atomic E-state index is 13.5. The molecule has 2 aromatic rings. The summed E-state index contributed by atoms with van der Waals surface area (Å²) >= 11 is 7.57. The van der Waals surface area contributed by atoms with Crippen LogP contribution in [0.1, 0.15) is 54.3 Å². The van der Waals surface area contributed by atoms with Gasteiger partial charge >= 0.3 is 0 Å². The van der Waals surface area contributed by atoms with Crippen LogP contribution in [0.3, 0.4) is 0 Å². The number of benzene rings is 1. The zero-order chi connectivity index (χ0) is 21.7. The number of hydrogen-bond donors (Lipinski definition) is 0. The molecule has 1 aromatic carbocycles. The second kappa shape index (κ2) is 10.5. The van der Waals surface area contributed by atoms with Gasteiger partial charge in [0.1, 0.15) is 0 Å². The Labute approximate surface area is 188 Å². The fourth-order valence-electron chi connectivity index (χ4n) is 4.01. The summed E-state index contributed by atoms with van der Waals surface area (Å²) in [5.74, 6) is 0.708. The van der Waals surface area contributed by atoms with Crippen molar-refractivity contribution in [3.63, 3.8) is 0 Å². The van der Waals surface area contributed by atoms with Crippen molar-refractivity contribution >= 4 is 34.8 Å². The number of amides is 2. The van der Waals surface area contributed by atoms with E-state index < -0.39 is 0 Å². The van der Waals surface area contributed by atoms with Gasteiger partial charge in [0.25, 0.3) is 0 Å². The van der Waals surface area contributed by atoms with E-state index >= 15 is 0 Å². The minimum absolute atomic E-state index is 0.00628. The lowest BCUT2D eigenvalue weighted by Crippen LogP contribution is -2.47. The van der Waals surface area contributed by atoms with E-state index in [1.54, 1.807) is 16.2 Å². The second-order valence-corrected chi connectivity index (χ2v) is 9.71. The molecule has 4 nitrogen and oxygen atoms in total. The zero-order valence-corrected chi connectivity index (χ0v) is 19.6. The molecule has 0 bridgehead atoms. The van der Waals surface area contributed by atoms with Crippen LogP contribution in [-0.2, 0) is 16.0 Å². The summed E-state index contributed by atoms with van der Waals surface area (Å²) in [6.07, 6.45) is 2.00. The quantitative estimate of drug-likeness (QED) is 0.533. The molecule has 0 N–H and O–H groups in total. The van der Waals surface area contributed by atoms with Gasteiger partial charge in [-0.2, -0.15) is 0 Å². The molecule has 3 rings (SSSR count). The van der Waals surface area contributed by atoms with Crippen molar-refractivity contribution in [2.45, 2.75) is 46.1 Å². The molecule has 2 heterocycles. The van der Waals surface area contributed by atoms with Gasteiger partial charge in [0.15, 0.2) is 0 Å². The molecule has 30 heavy (non-hydrogen) atoms. The third-order valence-corrected chi connectivity index (χ3v) is 6.92. The number of hydrogen-bond acceptors (Lipinski definition) is 3. The number of alkyl halides is 1. The van der Waals surface area contributed by atoms with Crippen molar-refractivity contribution in [3.8, 4) is 0 Å². The molecule has 0 radical (unpaired) electrons. The van der Waals surface area contributed by atoms with Gasteiger partial charge in [-0.1, -0.05) is 38.1 Å². The van der Waals surface area contributed by atoms with Gasteiger partial charge in [-0.15, -0.1) is 22.9 Å². The highest BCUT2D eigenvalue weighted by molar-refractivity contribution is 7.10. The maximum atomic E-state index is 13.5. The van der Waals surface area contributed by atoms with Gasteiger partial charge in [-0.05, 0) is 53.8 Å². The first-order valence-corrected chi connectivity index (χ1v) is 12.1. The first kappa shape index (κ1) is 22.8. The topological polar surface area (TPSA) is 40.6 Å². The molecule has 162 valence electrons. The first-order chi connectivity index (χ1) is 14.4. The van der Waals surface area contributed by atoms with Crippen molar-refractivity contribution in [3.05, 3.63) is 57.3 Å². The number of carbonyl (C=O) groups is 2. The highest BCUT2D eigenvalue weighted by Gasteiger charge is 2.34. The van der Waals surface area contributed by atoms with E-state index in [9.17, 15) is 9.59 Å². The van der Waals surface area contributed by atoms with Crippen molar-refractivity contribution in [1.82, 2.24) is 9.80 Å². The Kier molecular flexibility index (Phi) is 7.95. The minimum atomic E-state index is -0.0937. The molecule has 0 saturated carbocycles. The van der Waals surface area contributed by atoms with Crippen molar-refractivity contribution < 1.29 is 9.59 Å². The van der Waals surface area contributed by atoms with E-state index in [2.05, 4.69) is 44.4 Å². The van der Waals surface area contributed by atoms with Crippen LogP contribution in [0.4, 0.5) is 0 Å². The van der Waals surface area contributed by atoms with Crippen LogP contribution < -0.4 is 0 Å².